The van der Waals surface area contributed by atoms with Gasteiger partial charge in [0.1, 0.15) is 0 Å². The molecule has 0 aromatic rings. The van der Waals surface area contributed by atoms with E-state index in [1.54, 1.807) is 0 Å². The largest absolute Gasteiger partial charge is 0.0654 e. The quantitative estimate of drug-likeness (QED) is 0.411. The van der Waals surface area contributed by atoms with Crippen molar-refractivity contribution in [2.75, 3.05) is 0 Å². The molecule has 0 aromatic carbocycles. The van der Waals surface area contributed by atoms with Crippen LogP contribution in [0.2, 0.25) is 0 Å². The third kappa shape index (κ3) is 10.5. The Morgan fingerprint density at radius 1 is 0.750 bits per heavy atom. The van der Waals surface area contributed by atoms with Crippen LogP contribution in [0.25, 0.3) is 0 Å². The Hall–Kier alpha value is 0. The molecule has 0 saturated carbocycles. The van der Waals surface area contributed by atoms with E-state index in [0.717, 1.165) is 5.92 Å². The van der Waals surface area contributed by atoms with E-state index in [0.29, 0.717) is 5.41 Å². The molecule has 0 fully saturated rings. The standard InChI is InChI=1S/C16H34/c1-6-8-10-11-13-15(12-9-7-2)14-16(3,4)5/h15H,6-14H2,1-5H3. The minimum absolute atomic E-state index is 0.517. The first-order valence-corrected chi connectivity index (χ1v) is 7.49. The zero-order valence-electron chi connectivity index (χ0n) is 12.4. The average molecular weight is 226 g/mol. The van der Waals surface area contributed by atoms with Gasteiger partial charge in [-0.25, -0.2) is 0 Å². The van der Waals surface area contributed by atoms with Crippen molar-refractivity contribution in [3.05, 3.63) is 0 Å². The Kier molecular flexibility index (Phi) is 9.07. The lowest BCUT2D eigenvalue weighted by Gasteiger charge is -2.26. The summed E-state index contributed by atoms with van der Waals surface area (Å²) < 4.78 is 0. The van der Waals surface area contributed by atoms with Crippen molar-refractivity contribution in [2.24, 2.45) is 11.3 Å². The summed E-state index contributed by atoms with van der Waals surface area (Å²) in [5.41, 5.74) is 0.517. The van der Waals surface area contributed by atoms with Gasteiger partial charge in [0.25, 0.3) is 0 Å². The van der Waals surface area contributed by atoms with Gasteiger partial charge in [-0.2, -0.15) is 0 Å². The highest BCUT2D eigenvalue weighted by molar-refractivity contribution is 4.69. The maximum Gasteiger partial charge on any atom is -0.0380 e. The first kappa shape index (κ1) is 16.0. The highest BCUT2D eigenvalue weighted by Crippen LogP contribution is 2.30. The van der Waals surface area contributed by atoms with Crippen LogP contribution in [0.15, 0.2) is 0 Å². The molecule has 0 aliphatic rings. The summed E-state index contributed by atoms with van der Waals surface area (Å²) >= 11 is 0. The lowest BCUT2D eigenvalue weighted by atomic mass is 9.80. The van der Waals surface area contributed by atoms with Gasteiger partial charge >= 0.3 is 0 Å². The van der Waals surface area contributed by atoms with Gasteiger partial charge in [0.2, 0.25) is 0 Å². The molecule has 0 spiro atoms. The molecule has 0 radical (unpaired) electrons. The normalized spacial score (nSPS) is 14.1. The smallest absolute Gasteiger partial charge is 0.0380 e. The van der Waals surface area contributed by atoms with Gasteiger partial charge in [-0.05, 0) is 17.8 Å². The molecular weight excluding hydrogens is 192 g/mol. The molecule has 98 valence electrons. The number of hydrogen-bond acceptors (Lipinski definition) is 0. The topological polar surface area (TPSA) is 0 Å². The summed E-state index contributed by atoms with van der Waals surface area (Å²) in [6.07, 6.45) is 12.8. The van der Waals surface area contributed by atoms with Crippen molar-refractivity contribution in [3.63, 3.8) is 0 Å². The van der Waals surface area contributed by atoms with E-state index in [1.807, 2.05) is 0 Å². The van der Waals surface area contributed by atoms with Crippen LogP contribution in [0, 0.1) is 11.3 Å². The Morgan fingerprint density at radius 3 is 1.81 bits per heavy atom. The SMILES string of the molecule is CCCCCCC(CCCC)CC(C)(C)C. The number of unbranched alkanes of at least 4 members (excludes halogenated alkanes) is 4. The average Bonchev–Trinajstić information content (AvgIpc) is 2.18. The molecule has 0 nitrogen and oxygen atoms in total. The van der Waals surface area contributed by atoms with Crippen molar-refractivity contribution in [2.45, 2.75) is 92.4 Å². The van der Waals surface area contributed by atoms with Gasteiger partial charge in [0.15, 0.2) is 0 Å². The summed E-state index contributed by atoms with van der Waals surface area (Å²) in [4.78, 5) is 0. The molecule has 0 rings (SSSR count). The lowest BCUT2D eigenvalue weighted by molar-refractivity contribution is 0.261. The first-order valence-electron chi connectivity index (χ1n) is 7.49. The van der Waals surface area contributed by atoms with E-state index in [9.17, 15) is 0 Å². The van der Waals surface area contributed by atoms with Crippen molar-refractivity contribution in [1.29, 1.82) is 0 Å². The maximum absolute atomic E-state index is 2.39. The molecule has 0 bridgehead atoms. The highest BCUT2D eigenvalue weighted by atomic mass is 14.2. The minimum atomic E-state index is 0.517. The zero-order valence-corrected chi connectivity index (χ0v) is 12.4. The Morgan fingerprint density at radius 2 is 1.31 bits per heavy atom. The van der Waals surface area contributed by atoms with E-state index in [4.69, 9.17) is 0 Å². The highest BCUT2D eigenvalue weighted by Gasteiger charge is 2.17. The van der Waals surface area contributed by atoms with Gasteiger partial charge in [-0.1, -0.05) is 86.0 Å². The second-order valence-electron chi connectivity index (χ2n) is 6.62. The van der Waals surface area contributed by atoms with Crippen molar-refractivity contribution < 1.29 is 0 Å². The molecule has 0 amide bonds. The van der Waals surface area contributed by atoms with Crippen LogP contribution in [0.3, 0.4) is 0 Å². The third-order valence-electron chi connectivity index (χ3n) is 3.33. The van der Waals surface area contributed by atoms with Crippen LogP contribution >= 0.6 is 0 Å². The molecule has 1 unspecified atom stereocenters. The molecule has 0 heterocycles. The number of hydrogen-bond donors (Lipinski definition) is 0. The second kappa shape index (κ2) is 9.07. The molecule has 16 heavy (non-hydrogen) atoms. The van der Waals surface area contributed by atoms with Crippen LogP contribution in [-0.4, -0.2) is 0 Å². The summed E-state index contributed by atoms with van der Waals surface area (Å²) in [7, 11) is 0. The van der Waals surface area contributed by atoms with Gasteiger partial charge in [0, 0.05) is 0 Å². The van der Waals surface area contributed by atoms with Crippen molar-refractivity contribution in [1.82, 2.24) is 0 Å². The predicted octanol–water partition coefficient (Wildman–Crippen LogP) is 6.20. The van der Waals surface area contributed by atoms with Crippen LogP contribution < -0.4 is 0 Å². The van der Waals surface area contributed by atoms with Gasteiger partial charge in [-0.3, -0.25) is 0 Å². The Balaban J connectivity index is 3.81. The maximum atomic E-state index is 2.39. The van der Waals surface area contributed by atoms with Gasteiger partial charge in [-0.15, -0.1) is 0 Å². The molecule has 0 heteroatoms. The minimum Gasteiger partial charge on any atom is -0.0654 e. The van der Waals surface area contributed by atoms with E-state index in [1.165, 1.54) is 57.8 Å². The summed E-state index contributed by atoms with van der Waals surface area (Å²) in [5, 5.41) is 0. The fourth-order valence-electron chi connectivity index (χ4n) is 2.57. The Bertz CT molecular complexity index is 141. The third-order valence-corrected chi connectivity index (χ3v) is 3.33. The molecule has 0 saturated heterocycles. The fourth-order valence-corrected chi connectivity index (χ4v) is 2.57. The predicted molar refractivity (Wildman–Crippen MR) is 75.8 cm³/mol. The van der Waals surface area contributed by atoms with E-state index in [-0.39, 0.29) is 0 Å². The lowest BCUT2D eigenvalue weighted by Crippen LogP contribution is -2.13. The van der Waals surface area contributed by atoms with Crippen LogP contribution in [0.5, 0.6) is 0 Å². The van der Waals surface area contributed by atoms with Gasteiger partial charge in [0.05, 0.1) is 0 Å². The summed E-state index contributed by atoms with van der Waals surface area (Å²) in [6, 6.07) is 0. The molecular formula is C16H34. The number of rotatable bonds is 9. The molecule has 0 aromatic heterocycles. The Labute approximate surface area is 104 Å². The summed E-state index contributed by atoms with van der Waals surface area (Å²) in [6.45, 7) is 11.8. The molecule has 0 aliphatic carbocycles. The molecule has 1 atom stereocenters. The fraction of sp³-hybridized carbons (Fsp3) is 1.00. The first-order chi connectivity index (χ1) is 7.49. The summed E-state index contributed by atoms with van der Waals surface area (Å²) in [5.74, 6) is 0.983. The van der Waals surface area contributed by atoms with Gasteiger partial charge < -0.3 is 0 Å². The van der Waals surface area contributed by atoms with E-state index >= 15 is 0 Å². The van der Waals surface area contributed by atoms with Crippen molar-refractivity contribution in [3.8, 4) is 0 Å². The molecule has 0 N–H and O–H groups in total. The monoisotopic (exact) mass is 226 g/mol. The van der Waals surface area contributed by atoms with E-state index < -0.39 is 0 Å². The van der Waals surface area contributed by atoms with Crippen LogP contribution in [0.1, 0.15) is 92.4 Å². The zero-order chi connectivity index (χ0) is 12.4. The van der Waals surface area contributed by atoms with Crippen molar-refractivity contribution >= 4 is 0 Å². The van der Waals surface area contributed by atoms with E-state index in [2.05, 4.69) is 34.6 Å². The molecule has 0 aliphatic heterocycles. The van der Waals surface area contributed by atoms with Crippen LogP contribution in [-0.2, 0) is 0 Å². The second-order valence-corrected chi connectivity index (χ2v) is 6.62. The van der Waals surface area contributed by atoms with Crippen LogP contribution in [0.4, 0.5) is 0 Å².